The number of carbonyl (C=O) groups excluding carboxylic acids is 1. The third-order valence-corrected chi connectivity index (χ3v) is 5.00. The lowest BCUT2D eigenvalue weighted by Crippen LogP contribution is -2.25. The first-order valence-corrected chi connectivity index (χ1v) is 8.65. The number of hydrogen-bond acceptors (Lipinski definition) is 4. The average molecular weight is 341 g/mol. The third kappa shape index (κ3) is 3.71. The molecule has 1 amide bonds. The van der Waals surface area contributed by atoms with E-state index in [1.165, 1.54) is 10.1 Å². The summed E-state index contributed by atoms with van der Waals surface area (Å²) in [6.07, 6.45) is 0.673. The summed E-state index contributed by atoms with van der Waals surface area (Å²) in [5.41, 5.74) is 1.11. The molecule has 0 radical (unpaired) electrons. The summed E-state index contributed by atoms with van der Waals surface area (Å²) in [6, 6.07) is 10.3. The number of hydrogen-bond donors (Lipinski definition) is 2. The highest BCUT2D eigenvalue weighted by atomic mass is 32.1. The molecule has 0 atom stereocenters. The van der Waals surface area contributed by atoms with Crippen LogP contribution in [-0.4, -0.2) is 15.9 Å². The SMILES string of the molecule is Cc1nc(C)c(CCC(=O)NCc2cc3ccccc3s2)c(=O)[nH]1. The predicted molar refractivity (Wildman–Crippen MR) is 96.3 cm³/mol. The van der Waals surface area contributed by atoms with E-state index in [2.05, 4.69) is 33.5 Å². The number of aryl methyl sites for hydroxylation is 2. The van der Waals surface area contributed by atoms with Crippen LogP contribution >= 0.6 is 11.3 Å². The zero-order valence-electron chi connectivity index (χ0n) is 13.7. The largest absolute Gasteiger partial charge is 0.351 e. The number of thiophene rings is 1. The summed E-state index contributed by atoms with van der Waals surface area (Å²) in [4.78, 5) is 32.0. The van der Waals surface area contributed by atoms with Crippen LogP contribution in [0.5, 0.6) is 0 Å². The second-order valence-corrected chi connectivity index (χ2v) is 6.91. The van der Waals surface area contributed by atoms with Gasteiger partial charge in [0.15, 0.2) is 0 Å². The van der Waals surface area contributed by atoms with Crippen molar-refractivity contribution in [2.75, 3.05) is 0 Å². The number of fused-ring (bicyclic) bond motifs is 1. The van der Waals surface area contributed by atoms with Crippen LogP contribution in [0.15, 0.2) is 35.1 Å². The Labute approximate surface area is 143 Å². The molecule has 0 saturated carbocycles. The monoisotopic (exact) mass is 341 g/mol. The van der Waals surface area contributed by atoms with E-state index in [0.29, 0.717) is 30.0 Å². The lowest BCUT2D eigenvalue weighted by molar-refractivity contribution is -0.121. The zero-order valence-corrected chi connectivity index (χ0v) is 14.5. The van der Waals surface area contributed by atoms with Gasteiger partial charge in [0, 0.05) is 27.3 Å². The van der Waals surface area contributed by atoms with Crippen LogP contribution in [-0.2, 0) is 17.8 Å². The number of carbonyl (C=O) groups is 1. The Kier molecular flexibility index (Phi) is 4.76. The van der Waals surface area contributed by atoms with Crippen LogP contribution < -0.4 is 10.9 Å². The Bertz CT molecular complexity index is 910. The maximum atomic E-state index is 12.1. The van der Waals surface area contributed by atoms with Crippen LogP contribution in [0.25, 0.3) is 10.1 Å². The number of nitrogens with zero attached hydrogens (tertiary/aromatic N) is 1. The molecule has 0 aliphatic rings. The van der Waals surface area contributed by atoms with Crippen LogP contribution in [0.3, 0.4) is 0 Å². The molecule has 0 spiro atoms. The first-order chi connectivity index (χ1) is 11.5. The fourth-order valence-corrected chi connectivity index (χ4v) is 3.69. The van der Waals surface area contributed by atoms with E-state index >= 15 is 0 Å². The third-order valence-electron chi connectivity index (χ3n) is 3.88. The van der Waals surface area contributed by atoms with Gasteiger partial charge in [0.25, 0.3) is 5.56 Å². The molecule has 0 aliphatic carbocycles. The molecule has 0 saturated heterocycles. The second kappa shape index (κ2) is 6.97. The minimum Gasteiger partial charge on any atom is -0.351 e. The normalized spacial score (nSPS) is 10.9. The van der Waals surface area contributed by atoms with Gasteiger partial charge >= 0.3 is 0 Å². The van der Waals surface area contributed by atoms with Crippen molar-refractivity contribution in [2.24, 2.45) is 0 Å². The maximum Gasteiger partial charge on any atom is 0.254 e. The molecule has 0 unspecified atom stereocenters. The molecule has 5 nitrogen and oxygen atoms in total. The fourth-order valence-electron chi connectivity index (χ4n) is 2.68. The van der Waals surface area contributed by atoms with E-state index in [0.717, 1.165) is 4.88 Å². The van der Waals surface area contributed by atoms with Gasteiger partial charge in [-0.15, -0.1) is 11.3 Å². The molecule has 1 aromatic carbocycles. The first kappa shape index (κ1) is 16.4. The minimum atomic E-state index is -0.155. The Balaban J connectivity index is 1.57. The van der Waals surface area contributed by atoms with Crippen LogP contribution in [0.2, 0.25) is 0 Å². The Hall–Kier alpha value is -2.47. The summed E-state index contributed by atoms with van der Waals surface area (Å²) < 4.78 is 1.22. The smallest absolute Gasteiger partial charge is 0.254 e. The topological polar surface area (TPSA) is 74.8 Å². The molecule has 24 heavy (non-hydrogen) atoms. The van der Waals surface area contributed by atoms with Gasteiger partial charge in [-0.05, 0) is 37.8 Å². The van der Waals surface area contributed by atoms with Crippen molar-refractivity contribution in [1.82, 2.24) is 15.3 Å². The zero-order chi connectivity index (χ0) is 17.1. The molecule has 124 valence electrons. The van der Waals surface area contributed by atoms with Crippen molar-refractivity contribution in [3.63, 3.8) is 0 Å². The van der Waals surface area contributed by atoms with Crippen LogP contribution in [0, 0.1) is 13.8 Å². The molecule has 2 aromatic heterocycles. The number of H-pyrrole nitrogens is 1. The standard InChI is InChI=1S/C18H19N3O2S/c1-11-15(18(23)21-12(2)20-11)7-8-17(22)19-10-14-9-13-5-3-4-6-16(13)24-14/h3-6,9H,7-8,10H2,1-2H3,(H,19,22)(H,20,21,23). The van der Waals surface area contributed by atoms with Gasteiger partial charge in [0.1, 0.15) is 5.82 Å². The minimum absolute atomic E-state index is 0.0631. The highest BCUT2D eigenvalue weighted by Crippen LogP contribution is 2.24. The summed E-state index contributed by atoms with van der Waals surface area (Å²) in [5, 5.41) is 4.11. The summed E-state index contributed by atoms with van der Waals surface area (Å²) >= 11 is 1.68. The average Bonchev–Trinajstić information content (AvgIpc) is 2.94. The van der Waals surface area contributed by atoms with E-state index in [1.54, 1.807) is 25.2 Å². The van der Waals surface area contributed by atoms with Crippen molar-refractivity contribution in [1.29, 1.82) is 0 Å². The molecule has 3 aromatic rings. The molecule has 6 heteroatoms. The van der Waals surface area contributed by atoms with E-state index in [9.17, 15) is 9.59 Å². The molecule has 0 aliphatic heterocycles. The van der Waals surface area contributed by atoms with E-state index in [1.807, 2.05) is 12.1 Å². The van der Waals surface area contributed by atoms with Crippen LogP contribution in [0.4, 0.5) is 0 Å². The number of nitrogens with one attached hydrogen (secondary N) is 2. The van der Waals surface area contributed by atoms with Gasteiger partial charge < -0.3 is 10.3 Å². The predicted octanol–water partition coefficient (Wildman–Crippen LogP) is 2.85. The number of rotatable bonds is 5. The van der Waals surface area contributed by atoms with Crippen molar-refractivity contribution in [2.45, 2.75) is 33.2 Å². The van der Waals surface area contributed by atoms with E-state index in [-0.39, 0.29) is 17.9 Å². The fraction of sp³-hybridized carbons (Fsp3) is 0.278. The summed E-state index contributed by atoms with van der Waals surface area (Å²) in [7, 11) is 0. The number of aromatic nitrogens is 2. The molecular formula is C18H19N3O2S. The van der Waals surface area contributed by atoms with Gasteiger partial charge in [0.05, 0.1) is 6.54 Å². The van der Waals surface area contributed by atoms with E-state index in [4.69, 9.17) is 0 Å². The first-order valence-electron chi connectivity index (χ1n) is 7.83. The van der Waals surface area contributed by atoms with E-state index < -0.39 is 0 Å². The van der Waals surface area contributed by atoms with Gasteiger partial charge in [-0.25, -0.2) is 4.98 Å². The Morgan fingerprint density at radius 1 is 1.29 bits per heavy atom. The Morgan fingerprint density at radius 2 is 2.08 bits per heavy atom. The highest BCUT2D eigenvalue weighted by molar-refractivity contribution is 7.19. The summed E-state index contributed by atoms with van der Waals surface area (Å²) in [5.74, 6) is 0.530. The van der Waals surface area contributed by atoms with Crippen LogP contribution in [0.1, 0.15) is 28.4 Å². The molecule has 0 fully saturated rings. The number of aromatic amines is 1. The summed E-state index contributed by atoms with van der Waals surface area (Å²) in [6.45, 7) is 4.06. The molecule has 0 bridgehead atoms. The van der Waals surface area contributed by atoms with Crippen molar-refractivity contribution < 1.29 is 4.79 Å². The van der Waals surface area contributed by atoms with Crippen molar-refractivity contribution in [3.05, 3.63) is 62.6 Å². The highest BCUT2D eigenvalue weighted by Gasteiger charge is 2.10. The van der Waals surface area contributed by atoms with Gasteiger partial charge in [-0.1, -0.05) is 18.2 Å². The lowest BCUT2D eigenvalue weighted by Gasteiger charge is -2.06. The van der Waals surface area contributed by atoms with Gasteiger partial charge in [-0.2, -0.15) is 0 Å². The quantitative estimate of drug-likeness (QED) is 0.749. The molecule has 2 heterocycles. The molecule has 3 rings (SSSR count). The second-order valence-electron chi connectivity index (χ2n) is 5.74. The lowest BCUT2D eigenvalue weighted by atomic mass is 10.1. The molecule has 2 N–H and O–H groups in total. The van der Waals surface area contributed by atoms with Crippen molar-refractivity contribution >= 4 is 27.3 Å². The number of amides is 1. The maximum absolute atomic E-state index is 12.1. The van der Waals surface area contributed by atoms with Gasteiger partial charge in [-0.3, -0.25) is 9.59 Å². The van der Waals surface area contributed by atoms with Gasteiger partial charge in [0.2, 0.25) is 5.91 Å². The number of benzene rings is 1. The van der Waals surface area contributed by atoms with Crippen molar-refractivity contribution in [3.8, 4) is 0 Å². The molecular weight excluding hydrogens is 322 g/mol. The Morgan fingerprint density at radius 3 is 2.83 bits per heavy atom.